The van der Waals surface area contributed by atoms with Crippen LogP contribution in [0.4, 0.5) is 0 Å². The molecule has 0 heterocycles. The number of carbonyl (C=O) groups excluding carboxylic acids is 2. The SMILES string of the molecule is Cc1cc(Br)cc(Br)c1OCC(=O)NNC(=S)NC(=O)c1ccc(Cl)cc1Cl. The molecular formula is C17H13Br2Cl2N3O3S. The average molecular weight is 570 g/mol. The Balaban J connectivity index is 1.82. The average Bonchev–Trinajstić information content (AvgIpc) is 2.58. The van der Waals surface area contributed by atoms with E-state index >= 15 is 0 Å². The number of hydrogen-bond donors (Lipinski definition) is 3. The van der Waals surface area contributed by atoms with Crippen molar-refractivity contribution in [3.05, 3.63) is 60.4 Å². The normalized spacial score (nSPS) is 10.2. The third kappa shape index (κ3) is 6.59. The number of amides is 2. The number of thiocarbonyl (C=S) groups is 1. The predicted octanol–water partition coefficient (Wildman–Crippen LogP) is 4.54. The molecule has 28 heavy (non-hydrogen) atoms. The van der Waals surface area contributed by atoms with E-state index < -0.39 is 11.8 Å². The van der Waals surface area contributed by atoms with Crippen molar-refractivity contribution in [2.24, 2.45) is 0 Å². The largest absolute Gasteiger partial charge is 0.482 e. The topological polar surface area (TPSA) is 79.5 Å². The Morgan fingerprint density at radius 3 is 2.50 bits per heavy atom. The van der Waals surface area contributed by atoms with Gasteiger partial charge in [0, 0.05) is 9.50 Å². The van der Waals surface area contributed by atoms with Crippen molar-refractivity contribution in [2.75, 3.05) is 6.61 Å². The minimum absolute atomic E-state index is 0.106. The summed E-state index contributed by atoms with van der Waals surface area (Å²) in [6, 6.07) is 8.11. The van der Waals surface area contributed by atoms with Crippen LogP contribution in [0.3, 0.4) is 0 Å². The summed E-state index contributed by atoms with van der Waals surface area (Å²) in [6.45, 7) is 1.60. The minimum atomic E-state index is -0.543. The minimum Gasteiger partial charge on any atom is -0.482 e. The van der Waals surface area contributed by atoms with Gasteiger partial charge >= 0.3 is 0 Å². The van der Waals surface area contributed by atoms with Crippen LogP contribution in [0.2, 0.25) is 10.0 Å². The highest BCUT2D eigenvalue weighted by Crippen LogP contribution is 2.32. The summed E-state index contributed by atoms with van der Waals surface area (Å²) >= 11 is 23.5. The molecule has 0 fully saturated rings. The molecule has 0 radical (unpaired) electrons. The second kappa shape index (κ2) is 10.4. The van der Waals surface area contributed by atoms with Crippen LogP contribution in [0.5, 0.6) is 5.75 Å². The lowest BCUT2D eigenvalue weighted by Gasteiger charge is -2.13. The summed E-state index contributed by atoms with van der Waals surface area (Å²) in [7, 11) is 0. The molecule has 2 amide bonds. The van der Waals surface area contributed by atoms with Crippen LogP contribution in [-0.2, 0) is 4.79 Å². The molecule has 0 bridgehead atoms. The highest BCUT2D eigenvalue weighted by Gasteiger charge is 2.13. The van der Waals surface area contributed by atoms with Crippen LogP contribution in [0, 0.1) is 6.92 Å². The van der Waals surface area contributed by atoms with Gasteiger partial charge < -0.3 is 4.74 Å². The van der Waals surface area contributed by atoms with E-state index in [1.807, 2.05) is 19.1 Å². The number of carbonyl (C=O) groups is 2. The molecule has 0 aliphatic carbocycles. The lowest BCUT2D eigenvalue weighted by Crippen LogP contribution is -2.49. The summed E-state index contributed by atoms with van der Waals surface area (Å²) in [6.07, 6.45) is 0. The lowest BCUT2D eigenvalue weighted by molar-refractivity contribution is -0.123. The van der Waals surface area contributed by atoms with E-state index in [0.29, 0.717) is 15.2 Å². The molecule has 3 N–H and O–H groups in total. The molecule has 2 aromatic carbocycles. The summed E-state index contributed by atoms with van der Waals surface area (Å²) < 4.78 is 7.11. The first-order valence-electron chi connectivity index (χ1n) is 7.61. The van der Waals surface area contributed by atoms with Gasteiger partial charge in [0.25, 0.3) is 11.8 Å². The third-order valence-corrected chi connectivity index (χ3v) is 5.06. The highest BCUT2D eigenvalue weighted by atomic mass is 79.9. The molecule has 0 unspecified atom stereocenters. The van der Waals surface area contributed by atoms with Gasteiger partial charge in [0.2, 0.25) is 0 Å². The molecule has 0 aliphatic rings. The molecule has 11 heteroatoms. The van der Waals surface area contributed by atoms with Gasteiger partial charge in [0.1, 0.15) is 5.75 Å². The standard InChI is InChI=1S/C17H13Br2Cl2N3O3S/c1-8-4-9(18)5-12(19)15(8)27-7-14(25)23-24-17(28)22-16(26)11-3-2-10(20)6-13(11)21/h2-6H,7H2,1H3,(H,23,25)(H2,22,24,26,28). The zero-order chi connectivity index (χ0) is 20.8. The van der Waals surface area contributed by atoms with Crippen molar-refractivity contribution in [3.8, 4) is 5.75 Å². The van der Waals surface area contributed by atoms with E-state index in [-0.39, 0.29) is 22.3 Å². The van der Waals surface area contributed by atoms with Gasteiger partial charge in [0.15, 0.2) is 11.7 Å². The second-order valence-corrected chi connectivity index (χ2v) is 8.42. The fraction of sp³-hybridized carbons (Fsp3) is 0.118. The Kier molecular flexibility index (Phi) is 8.51. The van der Waals surface area contributed by atoms with Crippen molar-refractivity contribution in [1.82, 2.24) is 16.2 Å². The van der Waals surface area contributed by atoms with Gasteiger partial charge in [-0.1, -0.05) is 39.1 Å². The lowest BCUT2D eigenvalue weighted by atomic mass is 10.2. The van der Waals surface area contributed by atoms with Crippen LogP contribution in [0.1, 0.15) is 15.9 Å². The van der Waals surface area contributed by atoms with Crippen molar-refractivity contribution < 1.29 is 14.3 Å². The maximum Gasteiger partial charge on any atom is 0.276 e. The summed E-state index contributed by atoms with van der Waals surface area (Å²) in [5, 5.41) is 2.88. The molecule has 0 spiro atoms. The van der Waals surface area contributed by atoms with Gasteiger partial charge in [-0.3, -0.25) is 25.8 Å². The molecule has 0 atom stereocenters. The number of aryl methyl sites for hydroxylation is 1. The van der Waals surface area contributed by atoms with Crippen LogP contribution < -0.4 is 20.9 Å². The third-order valence-electron chi connectivity index (χ3n) is 3.26. The summed E-state index contributed by atoms with van der Waals surface area (Å²) in [4.78, 5) is 24.1. The second-order valence-electron chi connectivity index (χ2n) is 5.40. The number of ether oxygens (including phenoxy) is 1. The monoisotopic (exact) mass is 567 g/mol. The zero-order valence-electron chi connectivity index (χ0n) is 14.2. The molecule has 0 aliphatic heterocycles. The number of rotatable bonds is 4. The van der Waals surface area contributed by atoms with E-state index in [4.69, 9.17) is 40.2 Å². The first-order valence-corrected chi connectivity index (χ1v) is 10.4. The van der Waals surface area contributed by atoms with Crippen LogP contribution >= 0.6 is 67.3 Å². The van der Waals surface area contributed by atoms with Gasteiger partial charge in [0.05, 0.1) is 15.1 Å². The molecule has 2 aromatic rings. The first-order chi connectivity index (χ1) is 13.2. The quantitative estimate of drug-likeness (QED) is 0.372. The maximum atomic E-state index is 12.1. The number of nitrogens with one attached hydrogen (secondary N) is 3. The van der Waals surface area contributed by atoms with Crippen molar-refractivity contribution in [3.63, 3.8) is 0 Å². The fourth-order valence-corrected chi connectivity index (χ4v) is 4.24. The number of halogens is 4. The van der Waals surface area contributed by atoms with Crippen molar-refractivity contribution in [1.29, 1.82) is 0 Å². The van der Waals surface area contributed by atoms with Gasteiger partial charge in [-0.2, -0.15) is 0 Å². The Bertz CT molecular complexity index is 921. The number of hydrogen-bond acceptors (Lipinski definition) is 4. The van der Waals surface area contributed by atoms with Gasteiger partial charge in [-0.05, 0) is 71.0 Å². The zero-order valence-corrected chi connectivity index (χ0v) is 19.7. The Morgan fingerprint density at radius 2 is 1.86 bits per heavy atom. The molecular weight excluding hydrogens is 557 g/mol. The van der Waals surface area contributed by atoms with E-state index in [0.717, 1.165) is 10.0 Å². The van der Waals surface area contributed by atoms with E-state index in [1.165, 1.54) is 18.2 Å². The predicted molar refractivity (Wildman–Crippen MR) is 120 cm³/mol. The highest BCUT2D eigenvalue weighted by molar-refractivity contribution is 9.11. The van der Waals surface area contributed by atoms with Crippen LogP contribution in [-0.4, -0.2) is 23.5 Å². The van der Waals surface area contributed by atoms with Crippen LogP contribution in [0.15, 0.2) is 39.3 Å². The molecule has 148 valence electrons. The molecule has 6 nitrogen and oxygen atoms in total. The van der Waals surface area contributed by atoms with Gasteiger partial charge in [-0.15, -0.1) is 0 Å². The first kappa shape index (κ1) is 22.9. The van der Waals surface area contributed by atoms with Crippen molar-refractivity contribution >= 4 is 84.2 Å². The maximum absolute atomic E-state index is 12.1. The Morgan fingerprint density at radius 1 is 1.14 bits per heavy atom. The summed E-state index contributed by atoms with van der Waals surface area (Å²) in [5.41, 5.74) is 5.80. The van der Waals surface area contributed by atoms with Crippen LogP contribution in [0.25, 0.3) is 0 Å². The molecule has 0 aromatic heterocycles. The Labute approximate surface area is 193 Å². The summed E-state index contributed by atoms with van der Waals surface area (Å²) in [5.74, 6) is -0.485. The van der Waals surface area contributed by atoms with E-state index in [9.17, 15) is 9.59 Å². The van der Waals surface area contributed by atoms with E-state index in [2.05, 4.69) is 48.0 Å². The number of hydrazine groups is 1. The molecule has 0 saturated heterocycles. The van der Waals surface area contributed by atoms with E-state index in [1.54, 1.807) is 0 Å². The van der Waals surface area contributed by atoms with Crippen molar-refractivity contribution in [2.45, 2.75) is 6.92 Å². The fourth-order valence-electron chi connectivity index (χ4n) is 2.05. The smallest absolute Gasteiger partial charge is 0.276 e. The molecule has 0 saturated carbocycles. The van der Waals surface area contributed by atoms with Gasteiger partial charge in [-0.25, -0.2) is 0 Å². The molecule has 2 rings (SSSR count). The Hall–Kier alpha value is -1.39. The number of benzene rings is 2.